The Bertz CT molecular complexity index is 927. The molecule has 2 aromatic carbocycles. The van der Waals surface area contributed by atoms with E-state index in [0.717, 1.165) is 11.3 Å². The van der Waals surface area contributed by atoms with Gasteiger partial charge in [0.25, 0.3) is 0 Å². The van der Waals surface area contributed by atoms with Gasteiger partial charge in [-0.15, -0.1) is 0 Å². The maximum absolute atomic E-state index is 12.2. The number of nitrogens with zero attached hydrogens (tertiary/aromatic N) is 3. The van der Waals surface area contributed by atoms with Crippen LogP contribution in [0.5, 0.6) is 5.75 Å². The standard InChI is InChI=1S/C20H21ClN4O3/c1-3-27-15-10-8-14(9-11-15)20-23-19(28-24-20)13-25(2)12-18(26)22-17-7-5-4-6-16(17)21/h4-11H,3,12-13H2,1-2H3,(H,22,26). The van der Waals surface area contributed by atoms with E-state index in [1.54, 1.807) is 24.1 Å². The Hall–Kier alpha value is -2.90. The average molecular weight is 401 g/mol. The van der Waals surface area contributed by atoms with Crippen LogP contribution in [0.4, 0.5) is 5.69 Å². The van der Waals surface area contributed by atoms with Crippen LogP contribution in [0.2, 0.25) is 5.02 Å². The Labute approximate surface area is 168 Å². The predicted molar refractivity (Wildman–Crippen MR) is 107 cm³/mol. The van der Waals surface area contributed by atoms with Crippen molar-refractivity contribution in [2.45, 2.75) is 13.5 Å². The molecule has 0 aliphatic carbocycles. The highest BCUT2D eigenvalue weighted by Crippen LogP contribution is 2.21. The summed E-state index contributed by atoms with van der Waals surface area (Å²) in [5, 5.41) is 7.28. The SMILES string of the molecule is CCOc1ccc(-c2noc(CN(C)CC(=O)Nc3ccccc3Cl)n2)cc1. The number of aromatic nitrogens is 2. The maximum atomic E-state index is 12.2. The number of rotatable bonds is 8. The summed E-state index contributed by atoms with van der Waals surface area (Å²) in [5.74, 6) is 1.53. The highest BCUT2D eigenvalue weighted by Gasteiger charge is 2.14. The molecule has 28 heavy (non-hydrogen) atoms. The second-order valence-electron chi connectivity index (χ2n) is 6.17. The molecular formula is C20H21ClN4O3. The number of benzene rings is 2. The van der Waals surface area contributed by atoms with E-state index in [0.29, 0.717) is 35.6 Å². The minimum atomic E-state index is -0.179. The summed E-state index contributed by atoms with van der Waals surface area (Å²) >= 11 is 6.05. The largest absolute Gasteiger partial charge is 0.494 e. The van der Waals surface area contributed by atoms with Gasteiger partial charge in [-0.1, -0.05) is 28.9 Å². The number of amides is 1. The number of nitrogens with one attached hydrogen (secondary N) is 1. The molecule has 0 saturated carbocycles. The fraction of sp³-hybridized carbons (Fsp3) is 0.250. The van der Waals surface area contributed by atoms with Crippen molar-refractivity contribution in [1.29, 1.82) is 0 Å². The fourth-order valence-corrected chi connectivity index (χ4v) is 2.77. The number of likely N-dealkylation sites (N-methyl/N-ethyl adjacent to an activating group) is 1. The van der Waals surface area contributed by atoms with Crippen molar-refractivity contribution in [3.63, 3.8) is 0 Å². The van der Waals surface area contributed by atoms with Gasteiger partial charge in [0.1, 0.15) is 5.75 Å². The van der Waals surface area contributed by atoms with Gasteiger partial charge in [0, 0.05) is 5.56 Å². The molecule has 0 saturated heterocycles. The van der Waals surface area contributed by atoms with Gasteiger partial charge in [0.05, 0.1) is 30.4 Å². The van der Waals surface area contributed by atoms with Crippen LogP contribution in [0, 0.1) is 0 Å². The summed E-state index contributed by atoms with van der Waals surface area (Å²) in [6.45, 7) is 3.05. The zero-order chi connectivity index (χ0) is 19.9. The first-order valence-corrected chi connectivity index (χ1v) is 9.21. The first kappa shape index (κ1) is 19.9. The summed E-state index contributed by atoms with van der Waals surface area (Å²) < 4.78 is 10.7. The number of ether oxygens (including phenoxy) is 1. The summed E-state index contributed by atoms with van der Waals surface area (Å²) in [7, 11) is 1.80. The van der Waals surface area contributed by atoms with E-state index in [1.165, 1.54) is 0 Å². The van der Waals surface area contributed by atoms with Crippen LogP contribution in [0.1, 0.15) is 12.8 Å². The van der Waals surface area contributed by atoms with Crippen LogP contribution in [-0.2, 0) is 11.3 Å². The smallest absolute Gasteiger partial charge is 0.241 e. The first-order valence-electron chi connectivity index (χ1n) is 8.84. The van der Waals surface area contributed by atoms with Crippen molar-refractivity contribution in [2.75, 3.05) is 25.5 Å². The third-order valence-corrected chi connectivity index (χ3v) is 4.19. The van der Waals surface area contributed by atoms with Crippen molar-refractivity contribution in [3.05, 3.63) is 59.4 Å². The lowest BCUT2D eigenvalue weighted by Gasteiger charge is -2.14. The third-order valence-electron chi connectivity index (χ3n) is 3.86. The minimum absolute atomic E-state index is 0.159. The molecule has 8 heteroatoms. The van der Waals surface area contributed by atoms with Crippen LogP contribution in [0.15, 0.2) is 53.1 Å². The van der Waals surface area contributed by atoms with Crippen molar-refractivity contribution >= 4 is 23.2 Å². The molecular weight excluding hydrogens is 380 g/mol. The van der Waals surface area contributed by atoms with E-state index >= 15 is 0 Å². The van der Waals surface area contributed by atoms with Crippen molar-refractivity contribution in [1.82, 2.24) is 15.0 Å². The summed E-state index contributed by atoms with van der Waals surface area (Å²) in [4.78, 5) is 18.4. The Balaban J connectivity index is 1.55. The molecule has 146 valence electrons. The molecule has 0 bridgehead atoms. The molecule has 1 amide bonds. The van der Waals surface area contributed by atoms with E-state index in [9.17, 15) is 4.79 Å². The Morgan fingerprint density at radius 3 is 2.68 bits per heavy atom. The summed E-state index contributed by atoms with van der Waals surface area (Å²) in [6.07, 6.45) is 0. The lowest BCUT2D eigenvalue weighted by molar-refractivity contribution is -0.117. The summed E-state index contributed by atoms with van der Waals surface area (Å²) in [6, 6.07) is 14.6. The number of para-hydroxylation sites is 1. The quantitative estimate of drug-likeness (QED) is 0.618. The van der Waals surface area contributed by atoms with Gasteiger partial charge >= 0.3 is 0 Å². The van der Waals surface area contributed by atoms with Gasteiger partial charge in [0.15, 0.2) is 0 Å². The highest BCUT2D eigenvalue weighted by atomic mass is 35.5. The van der Waals surface area contributed by atoms with Gasteiger partial charge in [-0.05, 0) is 50.4 Å². The first-order chi connectivity index (χ1) is 13.5. The van der Waals surface area contributed by atoms with Crippen LogP contribution >= 0.6 is 11.6 Å². The molecule has 1 aromatic heterocycles. The molecule has 3 rings (SSSR count). The molecule has 3 aromatic rings. The van der Waals surface area contributed by atoms with Crippen molar-refractivity contribution < 1.29 is 14.1 Å². The number of halogens is 1. The molecule has 0 fully saturated rings. The molecule has 0 spiro atoms. The van der Waals surface area contributed by atoms with Crippen LogP contribution in [-0.4, -0.2) is 41.1 Å². The van der Waals surface area contributed by atoms with Gasteiger partial charge in [-0.2, -0.15) is 4.98 Å². The van der Waals surface area contributed by atoms with Gasteiger partial charge < -0.3 is 14.6 Å². The topological polar surface area (TPSA) is 80.5 Å². The van der Waals surface area contributed by atoms with Crippen LogP contribution in [0.3, 0.4) is 0 Å². The average Bonchev–Trinajstić information content (AvgIpc) is 3.12. The molecule has 0 unspecified atom stereocenters. The van der Waals surface area contributed by atoms with Crippen molar-refractivity contribution in [2.24, 2.45) is 0 Å². The maximum Gasteiger partial charge on any atom is 0.241 e. The molecule has 1 heterocycles. The Morgan fingerprint density at radius 2 is 1.96 bits per heavy atom. The van der Waals surface area contributed by atoms with E-state index in [-0.39, 0.29) is 12.5 Å². The van der Waals surface area contributed by atoms with Crippen molar-refractivity contribution in [3.8, 4) is 17.1 Å². The minimum Gasteiger partial charge on any atom is -0.494 e. The predicted octanol–water partition coefficient (Wildman–Crippen LogP) is 3.86. The zero-order valence-electron chi connectivity index (χ0n) is 15.7. The zero-order valence-corrected chi connectivity index (χ0v) is 16.4. The van der Waals surface area contributed by atoms with E-state index in [1.807, 2.05) is 43.3 Å². The Morgan fingerprint density at radius 1 is 1.21 bits per heavy atom. The van der Waals surface area contributed by atoms with Gasteiger partial charge in [-0.3, -0.25) is 9.69 Å². The number of carbonyl (C=O) groups excluding carboxylic acids is 1. The molecule has 1 N–H and O–H groups in total. The van der Waals surface area contributed by atoms with Crippen LogP contribution < -0.4 is 10.1 Å². The number of hydrogen-bond acceptors (Lipinski definition) is 6. The number of anilines is 1. The van der Waals surface area contributed by atoms with Gasteiger partial charge in [-0.25, -0.2) is 0 Å². The second kappa shape index (κ2) is 9.34. The third kappa shape index (κ3) is 5.31. The number of hydrogen-bond donors (Lipinski definition) is 1. The highest BCUT2D eigenvalue weighted by molar-refractivity contribution is 6.33. The summed E-state index contributed by atoms with van der Waals surface area (Å²) in [5.41, 5.74) is 1.41. The molecule has 0 radical (unpaired) electrons. The normalized spacial score (nSPS) is 10.9. The van der Waals surface area contributed by atoms with E-state index < -0.39 is 0 Å². The fourth-order valence-electron chi connectivity index (χ4n) is 2.59. The lowest BCUT2D eigenvalue weighted by Crippen LogP contribution is -2.30. The number of carbonyl (C=O) groups is 1. The molecule has 0 atom stereocenters. The van der Waals surface area contributed by atoms with E-state index in [2.05, 4.69) is 15.5 Å². The van der Waals surface area contributed by atoms with Crippen LogP contribution in [0.25, 0.3) is 11.4 Å². The second-order valence-corrected chi connectivity index (χ2v) is 6.58. The molecule has 0 aliphatic rings. The van der Waals surface area contributed by atoms with Gasteiger partial charge in [0.2, 0.25) is 17.6 Å². The molecule has 7 nitrogen and oxygen atoms in total. The van der Waals surface area contributed by atoms with E-state index in [4.69, 9.17) is 20.9 Å². The molecule has 0 aliphatic heterocycles. The lowest BCUT2D eigenvalue weighted by atomic mass is 10.2. The Kier molecular flexibility index (Phi) is 6.62. The monoisotopic (exact) mass is 400 g/mol.